The summed E-state index contributed by atoms with van der Waals surface area (Å²) in [6.07, 6.45) is 71.4. The predicted octanol–water partition coefficient (Wildman–Crippen LogP) is 21.7. The van der Waals surface area contributed by atoms with E-state index >= 15 is 0 Å². The van der Waals surface area contributed by atoms with Crippen LogP contribution in [0.25, 0.3) is 0 Å². The lowest BCUT2D eigenvalue weighted by Gasteiger charge is -2.18. The van der Waals surface area contributed by atoms with Gasteiger partial charge in [-0.2, -0.15) is 0 Å². The summed E-state index contributed by atoms with van der Waals surface area (Å²) in [5.41, 5.74) is 0. The van der Waals surface area contributed by atoms with Gasteiger partial charge in [-0.1, -0.05) is 315 Å². The summed E-state index contributed by atoms with van der Waals surface area (Å²) in [5.74, 6) is -0.849. The largest absolute Gasteiger partial charge is 0.462 e. The van der Waals surface area contributed by atoms with Gasteiger partial charge in [-0.3, -0.25) is 14.4 Å². The summed E-state index contributed by atoms with van der Waals surface area (Å²) in [7, 11) is 0. The highest BCUT2D eigenvalue weighted by atomic mass is 16.6. The minimum atomic E-state index is -0.761. The van der Waals surface area contributed by atoms with Gasteiger partial charge in [-0.15, -0.1) is 0 Å². The normalized spacial score (nSPS) is 12.0. The summed E-state index contributed by atoms with van der Waals surface area (Å²) < 4.78 is 16.8. The minimum Gasteiger partial charge on any atom is -0.462 e. The third kappa shape index (κ3) is 58.9. The van der Waals surface area contributed by atoms with Crippen LogP contribution in [0, 0.1) is 0 Å². The highest BCUT2D eigenvalue weighted by Crippen LogP contribution is 2.18. The van der Waals surface area contributed by atoms with E-state index in [1.165, 1.54) is 270 Å². The maximum Gasteiger partial charge on any atom is 0.306 e. The number of esters is 3. The van der Waals surface area contributed by atoms with Crippen LogP contribution in [0.4, 0.5) is 0 Å². The van der Waals surface area contributed by atoms with Gasteiger partial charge >= 0.3 is 17.9 Å². The molecule has 0 radical (unpaired) electrons. The van der Waals surface area contributed by atoms with E-state index in [2.05, 4.69) is 32.9 Å². The van der Waals surface area contributed by atoms with Crippen molar-refractivity contribution in [3.05, 3.63) is 12.2 Å². The van der Waals surface area contributed by atoms with Crippen LogP contribution in [0.2, 0.25) is 0 Å². The van der Waals surface area contributed by atoms with Crippen LogP contribution in [0.5, 0.6) is 0 Å². The predicted molar refractivity (Wildman–Crippen MR) is 307 cm³/mol. The van der Waals surface area contributed by atoms with E-state index < -0.39 is 6.10 Å². The van der Waals surface area contributed by atoms with Crippen LogP contribution in [0.1, 0.15) is 367 Å². The molecule has 0 rings (SSSR count). The molecule has 6 nitrogen and oxygen atoms in total. The van der Waals surface area contributed by atoms with E-state index in [0.29, 0.717) is 19.3 Å². The fourth-order valence-corrected chi connectivity index (χ4v) is 9.91. The van der Waals surface area contributed by atoms with Crippen molar-refractivity contribution < 1.29 is 28.6 Å². The van der Waals surface area contributed by atoms with Gasteiger partial charge in [0.05, 0.1) is 0 Å². The van der Waals surface area contributed by atoms with Crippen LogP contribution in [0.3, 0.4) is 0 Å². The van der Waals surface area contributed by atoms with Crippen molar-refractivity contribution in [2.45, 2.75) is 374 Å². The fraction of sp³-hybridized carbons (Fsp3) is 0.923. The molecule has 71 heavy (non-hydrogen) atoms. The first kappa shape index (κ1) is 69.2. The molecule has 0 aromatic heterocycles. The number of unbranched alkanes of at least 4 members (excludes halogenated alkanes) is 47. The number of hydrogen-bond acceptors (Lipinski definition) is 6. The Balaban J connectivity index is 3.87. The monoisotopic (exact) mass is 1000 g/mol. The lowest BCUT2D eigenvalue weighted by atomic mass is 10.0. The van der Waals surface area contributed by atoms with Crippen molar-refractivity contribution in [1.29, 1.82) is 0 Å². The molecule has 6 heteroatoms. The molecule has 420 valence electrons. The van der Waals surface area contributed by atoms with Gasteiger partial charge in [0.2, 0.25) is 0 Å². The summed E-state index contributed by atoms with van der Waals surface area (Å²) in [6, 6.07) is 0. The zero-order valence-electron chi connectivity index (χ0n) is 48.3. The second-order valence-electron chi connectivity index (χ2n) is 22.0. The molecular formula is C65H124O6. The van der Waals surface area contributed by atoms with Gasteiger partial charge in [-0.05, 0) is 44.9 Å². The van der Waals surface area contributed by atoms with Gasteiger partial charge in [0.15, 0.2) is 6.10 Å². The van der Waals surface area contributed by atoms with Crippen LogP contribution < -0.4 is 0 Å². The molecule has 0 spiro atoms. The average molecular weight is 1000 g/mol. The van der Waals surface area contributed by atoms with Gasteiger partial charge in [0.1, 0.15) is 13.2 Å². The topological polar surface area (TPSA) is 78.9 Å². The first-order chi connectivity index (χ1) is 35.0. The number of ether oxygens (including phenoxy) is 3. The van der Waals surface area contributed by atoms with Gasteiger partial charge in [-0.25, -0.2) is 0 Å². The van der Waals surface area contributed by atoms with Crippen LogP contribution >= 0.6 is 0 Å². The van der Waals surface area contributed by atoms with E-state index in [9.17, 15) is 14.4 Å². The molecule has 0 aliphatic heterocycles. The van der Waals surface area contributed by atoms with E-state index in [4.69, 9.17) is 14.2 Å². The summed E-state index contributed by atoms with van der Waals surface area (Å²) >= 11 is 0. The number of carbonyl (C=O) groups is 3. The van der Waals surface area contributed by atoms with Crippen molar-refractivity contribution in [3.8, 4) is 0 Å². The Hall–Kier alpha value is -1.85. The fourth-order valence-electron chi connectivity index (χ4n) is 9.91. The molecular weight excluding hydrogens is 877 g/mol. The minimum absolute atomic E-state index is 0.0636. The molecule has 0 aromatic carbocycles. The lowest BCUT2D eigenvalue weighted by molar-refractivity contribution is -0.167. The number of carbonyl (C=O) groups excluding carboxylic acids is 3. The highest BCUT2D eigenvalue weighted by Gasteiger charge is 2.19. The van der Waals surface area contributed by atoms with Crippen molar-refractivity contribution in [3.63, 3.8) is 0 Å². The number of allylic oxidation sites excluding steroid dienone is 2. The molecule has 0 saturated carbocycles. The molecule has 0 aliphatic rings. The summed E-state index contributed by atoms with van der Waals surface area (Å²) in [5, 5.41) is 0. The van der Waals surface area contributed by atoms with Crippen LogP contribution in [0.15, 0.2) is 12.2 Å². The maximum atomic E-state index is 12.8. The SMILES string of the molecule is CCCCCCCCCC/C=C\CCCCCCCCCCCCCCCCCCCCCCCC(=O)OCC(COC(=O)CCCCCCCC)OC(=O)CCCCCCCCCCCCCCCC. The van der Waals surface area contributed by atoms with E-state index in [1.54, 1.807) is 0 Å². The molecule has 0 N–H and O–H groups in total. The van der Waals surface area contributed by atoms with Crippen molar-refractivity contribution >= 4 is 17.9 Å². The number of hydrogen-bond donors (Lipinski definition) is 0. The first-order valence-corrected chi connectivity index (χ1v) is 32.2. The quantitative estimate of drug-likeness (QED) is 0.0261. The Morgan fingerprint density at radius 3 is 0.704 bits per heavy atom. The van der Waals surface area contributed by atoms with Crippen LogP contribution in [-0.2, 0) is 28.6 Å². The van der Waals surface area contributed by atoms with Gasteiger partial charge < -0.3 is 14.2 Å². The Morgan fingerprint density at radius 2 is 0.465 bits per heavy atom. The Kier molecular flexibility index (Phi) is 59.1. The molecule has 0 fully saturated rings. The van der Waals surface area contributed by atoms with E-state index in [1.807, 2.05) is 0 Å². The Morgan fingerprint density at radius 1 is 0.268 bits per heavy atom. The third-order valence-electron chi connectivity index (χ3n) is 14.8. The first-order valence-electron chi connectivity index (χ1n) is 32.2. The second kappa shape index (κ2) is 60.7. The maximum absolute atomic E-state index is 12.8. The molecule has 0 aliphatic carbocycles. The van der Waals surface area contributed by atoms with E-state index in [0.717, 1.165) is 57.8 Å². The summed E-state index contributed by atoms with van der Waals surface area (Å²) in [4.78, 5) is 37.9. The van der Waals surface area contributed by atoms with Crippen molar-refractivity contribution in [2.24, 2.45) is 0 Å². The Labute approximate surface area is 443 Å². The van der Waals surface area contributed by atoms with Crippen molar-refractivity contribution in [2.75, 3.05) is 13.2 Å². The standard InChI is InChI=1S/C65H124O6/c1-4-7-10-13-16-18-20-22-24-25-26-27-28-29-30-31-32-33-34-35-36-37-38-39-40-41-42-44-45-47-49-52-55-58-64(67)70-61-62(60-69-63(66)57-54-51-15-12-9-6-3)71-65(68)59-56-53-50-48-46-43-23-21-19-17-14-11-8-5-2/h25-26,62H,4-24,27-61H2,1-3H3/b26-25-. The molecule has 0 aromatic rings. The zero-order valence-corrected chi connectivity index (χ0v) is 48.3. The highest BCUT2D eigenvalue weighted by molar-refractivity contribution is 5.71. The molecule has 1 unspecified atom stereocenters. The second-order valence-corrected chi connectivity index (χ2v) is 22.0. The zero-order chi connectivity index (χ0) is 51.4. The Bertz CT molecular complexity index is 1100. The van der Waals surface area contributed by atoms with Gasteiger partial charge in [0.25, 0.3) is 0 Å². The summed E-state index contributed by atoms with van der Waals surface area (Å²) in [6.45, 7) is 6.64. The third-order valence-corrected chi connectivity index (χ3v) is 14.8. The molecule has 0 heterocycles. The molecule has 0 amide bonds. The lowest BCUT2D eigenvalue weighted by Crippen LogP contribution is -2.30. The average Bonchev–Trinajstić information content (AvgIpc) is 3.37. The molecule has 1 atom stereocenters. The number of rotatable bonds is 60. The molecule has 0 saturated heterocycles. The van der Waals surface area contributed by atoms with Crippen molar-refractivity contribution in [1.82, 2.24) is 0 Å². The van der Waals surface area contributed by atoms with E-state index in [-0.39, 0.29) is 31.1 Å². The van der Waals surface area contributed by atoms with Gasteiger partial charge in [0, 0.05) is 19.3 Å². The molecule has 0 bridgehead atoms. The smallest absolute Gasteiger partial charge is 0.306 e. The van der Waals surface area contributed by atoms with Crippen LogP contribution in [-0.4, -0.2) is 37.2 Å².